The number of carbonyl (C=O) groups is 6. The lowest BCUT2D eigenvalue weighted by Gasteiger charge is -2.27. The van der Waals surface area contributed by atoms with E-state index in [4.69, 9.17) is 0 Å². The van der Waals surface area contributed by atoms with Crippen molar-refractivity contribution in [1.29, 1.82) is 0 Å². The third-order valence-electron chi connectivity index (χ3n) is 8.32. The second-order valence-electron chi connectivity index (χ2n) is 12.2. The number of anilines is 1. The van der Waals surface area contributed by atoms with Gasteiger partial charge >= 0.3 is 5.97 Å². The van der Waals surface area contributed by atoms with Gasteiger partial charge in [0, 0.05) is 47.9 Å². The van der Waals surface area contributed by atoms with Crippen molar-refractivity contribution in [3.63, 3.8) is 0 Å². The molecule has 3 aliphatic rings. The van der Waals surface area contributed by atoms with Crippen LogP contribution >= 0.6 is 23.1 Å². The van der Waals surface area contributed by atoms with Gasteiger partial charge in [-0.2, -0.15) is 0 Å². The molecule has 3 aromatic rings. The molecule has 0 spiro atoms. The number of aliphatic carboxylic acids is 1. The van der Waals surface area contributed by atoms with Gasteiger partial charge < -0.3 is 31.7 Å². The summed E-state index contributed by atoms with van der Waals surface area (Å²) in [5.74, 6) is -4.09. The minimum Gasteiger partial charge on any atom is -0.480 e. The van der Waals surface area contributed by atoms with Crippen molar-refractivity contribution in [3.8, 4) is 0 Å². The van der Waals surface area contributed by atoms with Crippen molar-refractivity contribution in [2.45, 2.75) is 74.4 Å². The molecule has 2 aromatic carbocycles. The van der Waals surface area contributed by atoms with Crippen molar-refractivity contribution in [3.05, 3.63) is 99.6 Å². The number of allylic oxidation sites excluding steroid dienone is 1. The Morgan fingerprint density at radius 1 is 0.740 bits per heavy atom. The highest BCUT2D eigenvalue weighted by Gasteiger charge is 2.33. The Kier molecular flexibility index (Phi) is 12.8. The standard InChI is InChI=1S/C36H39N5O7S2/c42-31-14-15-32(43)38-28(20-25-8-4-16-49-25)34(45)40-29(21-26-9-5-17-50-26)35(46)39-27(18-22-6-2-1-3-7-22)33(44)41-30(36(47)48)19-23-10-12-24(37-31)13-11-23/h1-7,9-13,16-17,25,27-30H,8,14-15,18-21H2,(H,37,42)(H,38,43)(H,39,46)(H,40,45)(H,41,44)(H,47,48)/t25?,27-,28-,29+,30+/m1/s1. The molecule has 0 fully saturated rings. The predicted molar refractivity (Wildman–Crippen MR) is 191 cm³/mol. The molecule has 14 heteroatoms. The summed E-state index contributed by atoms with van der Waals surface area (Å²) in [6.07, 6.45) is 2.79. The van der Waals surface area contributed by atoms with Gasteiger partial charge in [-0.1, -0.05) is 54.6 Å². The minimum absolute atomic E-state index is 0.0255. The summed E-state index contributed by atoms with van der Waals surface area (Å²) >= 11 is 2.95. The predicted octanol–water partition coefficient (Wildman–Crippen LogP) is 2.94. The van der Waals surface area contributed by atoms with Crippen LogP contribution in [0.2, 0.25) is 0 Å². The van der Waals surface area contributed by atoms with Crippen LogP contribution in [0.3, 0.4) is 0 Å². The summed E-state index contributed by atoms with van der Waals surface area (Å²) in [6.45, 7) is 0. The van der Waals surface area contributed by atoms with Gasteiger partial charge in [0.05, 0.1) is 0 Å². The first kappa shape index (κ1) is 36.3. The summed E-state index contributed by atoms with van der Waals surface area (Å²) in [7, 11) is 0. The van der Waals surface area contributed by atoms with E-state index in [2.05, 4.69) is 26.6 Å². The largest absolute Gasteiger partial charge is 0.480 e. The number of carbonyl (C=O) groups excluding carboxylic acids is 5. The van der Waals surface area contributed by atoms with E-state index in [0.29, 0.717) is 17.7 Å². The highest BCUT2D eigenvalue weighted by atomic mass is 32.2. The van der Waals surface area contributed by atoms with E-state index in [1.54, 1.807) is 60.3 Å². The third-order valence-corrected chi connectivity index (χ3v) is 10.3. The van der Waals surface area contributed by atoms with E-state index in [1.165, 1.54) is 11.3 Å². The molecular weight excluding hydrogens is 679 g/mol. The molecule has 0 saturated heterocycles. The van der Waals surface area contributed by atoms with Gasteiger partial charge in [-0.25, -0.2) is 4.79 Å². The van der Waals surface area contributed by atoms with Crippen molar-refractivity contribution in [2.75, 3.05) is 5.32 Å². The smallest absolute Gasteiger partial charge is 0.326 e. The number of fused-ring (bicyclic) bond motifs is 18. The van der Waals surface area contributed by atoms with Crippen molar-refractivity contribution in [2.24, 2.45) is 0 Å². The lowest BCUT2D eigenvalue weighted by atomic mass is 10.0. The number of carboxylic acid groups (broad SMARTS) is 1. The third kappa shape index (κ3) is 10.8. The average molecular weight is 718 g/mol. The number of nitrogens with one attached hydrogen (secondary N) is 5. The Balaban J connectivity index is 1.46. The first-order chi connectivity index (χ1) is 24.1. The lowest BCUT2D eigenvalue weighted by molar-refractivity contribution is -0.142. The van der Waals surface area contributed by atoms with E-state index < -0.39 is 59.7 Å². The second kappa shape index (κ2) is 17.6. The Hall–Kier alpha value is -4.95. The normalized spacial score (nSPS) is 23.9. The summed E-state index contributed by atoms with van der Waals surface area (Å²) in [5.41, 5.74) is 1.77. The van der Waals surface area contributed by atoms with Gasteiger partial charge in [0.2, 0.25) is 29.5 Å². The van der Waals surface area contributed by atoms with Crippen LogP contribution in [0.4, 0.5) is 5.69 Å². The topological polar surface area (TPSA) is 183 Å². The summed E-state index contributed by atoms with van der Waals surface area (Å²) < 4.78 is 0. The SMILES string of the molecule is O=C1CCC(=O)N[C@H](CC2CC=CS2)C(=O)N[C@@H](Cc2cccs2)C(=O)N[C@H](Cc2ccccc2)C(=O)N[C@H](C(=O)O)Cc2ccc(cc2)N1. The Labute approximate surface area is 297 Å². The first-order valence-electron chi connectivity index (χ1n) is 16.3. The number of carboxylic acids is 1. The van der Waals surface area contributed by atoms with Crippen LogP contribution in [0.25, 0.3) is 0 Å². The number of amides is 5. The summed E-state index contributed by atoms with van der Waals surface area (Å²) in [5, 5.41) is 27.5. The monoisotopic (exact) mass is 717 g/mol. The fourth-order valence-electron chi connectivity index (χ4n) is 5.67. The number of hydrogen-bond donors (Lipinski definition) is 6. The number of hydrogen-bond acceptors (Lipinski definition) is 8. The fraction of sp³-hybridized carbons (Fsp3) is 0.333. The zero-order valence-electron chi connectivity index (χ0n) is 27.1. The molecule has 4 heterocycles. The van der Waals surface area contributed by atoms with Gasteiger partial charge in [0.25, 0.3) is 0 Å². The Bertz CT molecular complexity index is 1690. The van der Waals surface area contributed by atoms with Crippen molar-refractivity contribution >= 4 is 64.3 Å². The van der Waals surface area contributed by atoms with Crippen molar-refractivity contribution < 1.29 is 33.9 Å². The Morgan fingerprint density at radius 2 is 1.42 bits per heavy atom. The van der Waals surface area contributed by atoms with Gasteiger partial charge in [-0.15, -0.1) is 23.1 Å². The van der Waals surface area contributed by atoms with E-state index >= 15 is 0 Å². The number of thiophene rings is 1. The molecule has 2 bridgehead atoms. The average Bonchev–Trinajstić information content (AvgIpc) is 3.82. The van der Waals surface area contributed by atoms with Gasteiger partial charge in [-0.05, 0) is 53.0 Å². The molecule has 0 aliphatic carbocycles. The molecule has 50 heavy (non-hydrogen) atoms. The van der Waals surface area contributed by atoms with Crippen LogP contribution in [0.5, 0.6) is 0 Å². The highest BCUT2D eigenvalue weighted by molar-refractivity contribution is 8.03. The maximum atomic E-state index is 14.0. The molecular formula is C36H39N5O7S2. The minimum atomic E-state index is -1.32. The van der Waals surface area contributed by atoms with Crippen LogP contribution in [-0.2, 0) is 48.0 Å². The molecule has 5 atom stereocenters. The van der Waals surface area contributed by atoms with Crippen LogP contribution in [0, 0.1) is 0 Å². The molecule has 12 nitrogen and oxygen atoms in total. The van der Waals surface area contributed by atoms with E-state index in [1.807, 2.05) is 35.1 Å². The zero-order valence-corrected chi connectivity index (χ0v) is 28.8. The molecule has 6 rings (SSSR count). The molecule has 262 valence electrons. The van der Waals surface area contributed by atoms with Crippen molar-refractivity contribution in [1.82, 2.24) is 21.3 Å². The van der Waals surface area contributed by atoms with E-state index in [0.717, 1.165) is 10.4 Å². The maximum absolute atomic E-state index is 14.0. The zero-order chi connectivity index (χ0) is 35.5. The molecule has 0 radical (unpaired) electrons. The molecule has 1 unspecified atom stereocenters. The Morgan fingerprint density at radius 3 is 2.08 bits per heavy atom. The van der Waals surface area contributed by atoms with Crippen LogP contribution in [-0.4, -0.2) is 70.0 Å². The van der Waals surface area contributed by atoms with E-state index in [-0.39, 0.29) is 43.8 Å². The molecule has 3 aliphatic heterocycles. The van der Waals surface area contributed by atoms with Crippen LogP contribution < -0.4 is 26.6 Å². The van der Waals surface area contributed by atoms with Gasteiger partial charge in [-0.3, -0.25) is 24.0 Å². The lowest BCUT2D eigenvalue weighted by Crippen LogP contribution is -2.59. The van der Waals surface area contributed by atoms with E-state index in [9.17, 15) is 33.9 Å². The summed E-state index contributed by atoms with van der Waals surface area (Å²) in [6, 6.07) is 14.5. The molecule has 1 aromatic heterocycles. The van der Waals surface area contributed by atoms with Crippen LogP contribution in [0.15, 0.2) is 83.6 Å². The highest BCUT2D eigenvalue weighted by Crippen LogP contribution is 2.28. The molecule has 6 N–H and O–H groups in total. The number of rotatable bonds is 7. The maximum Gasteiger partial charge on any atom is 0.326 e. The first-order valence-corrected chi connectivity index (χ1v) is 18.1. The quantitative estimate of drug-likeness (QED) is 0.202. The molecule has 0 saturated carbocycles. The fourth-order valence-corrected chi connectivity index (χ4v) is 7.39. The summed E-state index contributed by atoms with van der Waals surface area (Å²) in [4.78, 5) is 80.5. The molecule has 5 amide bonds. The second-order valence-corrected chi connectivity index (χ2v) is 14.4. The number of thioether (sulfide) groups is 1. The van der Waals surface area contributed by atoms with Gasteiger partial charge in [0.1, 0.15) is 24.2 Å². The van der Waals surface area contributed by atoms with Crippen LogP contribution in [0.1, 0.15) is 41.7 Å². The number of benzene rings is 2. The van der Waals surface area contributed by atoms with Gasteiger partial charge in [0.15, 0.2) is 0 Å².